The number of carbonyl (C=O) groups excluding carboxylic acids is 1. The number of rotatable bonds is 6. The van der Waals surface area contributed by atoms with Crippen LogP contribution in [-0.2, 0) is 4.79 Å². The van der Waals surface area contributed by atoms with Crippen molar-refractivity contribution in [3.05, 3.63) is 0 Å². The van der Waals surface area contributed by atoms with Gasteiger partial charge in [-0.25, -0.2) is 0 Å². The first-order chi connectivity index (χ1) is 9.10. The van der Waals surface area contributed by atoms with E-state index in [0.717, 1.165) is 12.8 Å². The van der Waals surface area contributed by atoms with Crippen LogP contribution < -0.4 is 5.32 Å². The average Bonchev–Trinajstić information content (AvgIpc) is 2.69. The van der Waals surface area contributed by atoms with Crippen LogP contribution in [0.15, 0.2) is 0 Å². The molecule has 0 saturated carbocycles. The monoisotopic (exact) mass is 268 g/mol. The minimum absolute atomic E-state index is 0.161. The molecule has 2 heterocycles. The van der Waals surface area contributed by atoms with E-state index in [1.165, 1.54) is 12.8 Å². The van der Waals surface area contributed by atoms with Crippen molar-refractivity contribution in [2.45, 2.75) is 70.5 Å². The van der Waals surface area contributed by atoms with Crippen molar-refractivity contribution >= 4 is 5.91 Å². The highest BCUT2D eigenvalue weighted by Gasteiger charge is 2.34. The second-order valence-electron chi connectivity index (χ2n) is 6.44. The van der Waals surface area contributed by atoms with E-state index in [1.54, 1.807) is 0 Å². The third-order valence-corrected chi connectivity index (χ3v) is 4.53. The molecule has 2 aliphatic rings. The Morgan fingerprint density at radius 1 is 1.32 bits per heavy atom. The van der Waals surface area contributed by atoms with Gasteiger partial charge in [0.15, 0.2) is 0 Å². The molecule has 2 saturated heterocycles. The van der Waals surface area contributed by atoms with Crippen LogP contribution in [0.4, 0.5) is 0 Å². The molecule has 0 aromatic carbocycles. The molecule has 0 radical (unpaired) electrons. The van der Waals surface area contributed by atoms with Crippen LogP contribution in [0, 0.1) is 5.92 Å². The summed E-state index contributed by atoms with van der Waals surface area (Å²) in [5.41, 5.74) is 0. The molecule has 2 aliphatic heterocycles. The molecule has 1 amide bonds. The molecular formula is C15H28N2O2. The summed E-state index contributed by atoms with van der Waals surface area (Å²) in [7, 11) is 0. The molecule has 2 atom stereocenters. The van der Waals surface area contributed by atoms with Crippen LogP contribution in [0.5, 0.6) is 0 Å². The van der Waals surface area contributed by atoms with E-state index in [0.29, 0.717) is 37.4 Å². The van der Waals surface area contributed by atoms with Gasteiger partial charge >= 0.3 is 0 Å². The smallest absolute Gasteiger partial charge is 0.223 e. The standard InChI is InChI=1S/C15H28N2O2/c1-11(2)17(6-3-7-18)15(19)10-12-8-13-4-5-14(9-12)16-13/h11-14,16,18H,3-10H2,1-2H3. The SMILES string of the molecule is CC(C)N(CCCO)C(=O)CC1CC2CCC(C1)N2. The van der Waals surface area contributed by atoms with Gasteiger partial charge in [-0.15, -0.1) is 0 Å². The molecule has 0 aromatic rings. The Balaban J connectivity index is 1.84. The third-order valence-electron chi connectivity index (χ3n) is 4.53. The summed E-state index contributed by atoms with van der Waals surface area (Å²) >= 11 is 0. The van der Waals surface area contributed by atoms with E-state index in [-0.39, 0.29) is 18.6 Å². The molecule has 0 aromatic heterocycles. The molecule has 2 fully saturated rings. The van der Waals surface area contributed by atoms with Gasteiger partial charge in [0, 0.05) is 37.7 Å². The van der Waals surface area contributed by atoms with E-state index >= 15 is 0 Å². The maximum absolute atomic E-state index is 12.4. The van der Waals surface area contributed by atoms with Crippen molar-refractivity contribution in [1.29, 1.82) is 0 Å². The van der Waals surface area contributed by atoms with Gasteiger partial charge in [-0.3, -0.25) is 4.79 Å². The van der Waals surface area contributed by atoms with Crippen LogP contribution in [0.1, 0.15) is 52.4 Å². The summed E-state index contributed by atoms with van der Waals surface area (Å²) in [6.07, 6.45) is 6.27. The van der Waals surface area contributed by atoms with E-state index in [1.807, 2.05) is 4.90 Å². The summed E-state index contributed by atoms with van der Waals surface area (Å²) in [4.78, 5) is 14.3. The van der Waals surface area contributed by atoms with Crippen LogP contribution in [-0.4, -0.2) is 47.2 Å². The van der Waals surface area contributed by atoms with Gasteiger partial charge in [-0.1, -0.05) is 0 Å². The second kappa shape index (κ2) is 6.71. The molecule has 4 nitrogen and oxygen atoms in total. The van der Waals surface area contributed by atoms with Crippen molar-refractivity contribution in [1.82, 2.24) is 10.2 Å². The minimum atomic E-state index is 0.161. The molecule has 2 N–H and O–H groups in total. The highest BCUT2D eigenvalue weighted by atomic mass is 16.3. The lowest BCUT2D eigenvalue weighted by atomic mass is 9.89. The fourth-order valence-corrected chi connectivity index (χ4v) is 3.62. The number of amides is 1. The van der Waals surface area contributed by atoms with E-state index in [9.17, 15) is 4.79 Å². The quantitative estimate of drug-likeness (QED) is 0.768. The predicted octanol–water partition coefficient (Wildman–Crippen LogP) is 1.53. The number of nitrogens with one attached hydrogen (secondary N) is 1. The maximum Gasteiger partial charge on any atom is 0.223 e. The minimum Gasteiger partial charge on any atom is -0.396 e. The number of nitrogens with zero attached hydrogens (tertiary/aromatic N) is 1. The molecule has 110 valence electrons. The molecule has 0 aliphatic carbocycles. The van der Waals surface area contributed by atoms with Gasteiger partial charge in [-0.2, -0.15) is 0 Å². The highest BCUT2D eigenvalue weighted by Crippen LogP contribution is 2.33. The number of fused-ring (bicyclic) bond motifs is 2. The molecule has 4 heteroatoms. The summed E-state index contributed by atoms with van der Waals surface area (Å²) in [6.45, 7) is 4.96. The summed E-state index contributed by atoms with van der Waals surface area (Å²) < 4.78 is 0. The average molecular weight is 268 g/mol. The van der Waals surface area contributed by atoms with Crippen LogP contribution in [0.3, 0.4) is 0 Å². The van der Waals surface area contributed by atoms with Gasteiger partial charge in [0.05, 0.1) is 0 Å². The number of hydrogen-bond donors (Lipinski definition) is 2. The van der Waals surface area contributed by atoms with E-state index < -0.39 is 0 Å². The van der Waals surface area contributed by atoms with Crippen molar-refractivity contribution in [3.8, 4) is 0 Å². The first-order valence-electron chi connectivity index (χ1n) is 7.76. The molecular weight excluding hydrogens is 240 g/mol. The van der Waals surface area contributed by atoms with Gasteiger partial charge in [0.1, 0.15) is 0 Å². The van der Waals surface area contributed by atoms with Crippen LogP contribution >= 0.6 is 0 Å². The van der Waals surface area contributed by atoms with Gasteiger partial charge in [0.25, 0.3) is 0 Å². The first-order valence-corrected chi connectivity index (χ1v) is 7.76. The number of piperidine rings is 1. The fourth-order valence-electron chi connectivity index (χ4n) is 3.62. The lowest BCUT2D eigenvalue weighted by Gasteiger charge is -2.32. The molecule has 19 heavy (non-hydrogen) atoms. The zero-order valence-corrected chi connectivity index (χ0v) is 12.3. The number of aliphatic hydroxyl groups excluding tert-OH is 1. The Kier molecular flexibility index (Phi) is 5.22. The maximum atomic E-state index is 12.4. The van der Waals surface area contributed by atoms with Crippen molar-refractivity contribution in [2.24, 2.45) is 5.92 Å². The van der Waals surface area contributed by atoms with E-state index in [4.69, 9.17) is 5.11 Å². The topological polar surface area (TPSA) is 52.6 Å². The summed E-state index contributed by atoms with van der Waals surface area (Å²) in [5.74, 6) is 0.830. The Bertz CT molecular complexity index is 295. The lowest BCUT2D eigenvalue weighted by Crippen LogP contribution is -2.42. The normalized spacial score (nSPS) is 29.8. The zero-order valence-electron chi connectivity index (χ0n) is 12.3. The Morgan fingerprint density at radius 3 is 2.47 bits per heavy atom. The predicted molar refractivity (Wildman–Crippen MR) is 75.8 cm³/mol. The highest BCUT2D eigenvalue weighted by molar-refractivity contribution is 5.76. The fraction of sp³-hybridized carbons (Fsp3) is 0.933. The number of aliphatic hydroxyl groups is 1. The lowest BCUT2D eigenvalue weighted by molar-refractivity contribution is -0.134. The van der Waals surface area contributed by atoms with Gasteiger partial charge in [0.2, 0.25) is 5.91 Å². The molecule has 0 spiro atoms. The Labute approximate surface area is 116 Å². The van der Waals surface area contributed by atoms with E-state index in [2.05, 4.69) is 19.2 Å². The first kappa shape index (κ1) is 14.8. The number of hydrogen-bond acceptors (Lipinski definition) is 3. The van der Waals surface area contributed by atoms with Crippen molar-refractivity contribution in [3.63, 3.8) is 0 Å². The Morgan fingerprint density at radius 2 is 1.95 bits per heavy atom. The molecule has 2 rings (SSSR count). The largest absolute Gasteiger partial charge is 0.396 e. The summed E-state index contributed by atoms with van der Waals surface area (Å²) in [6, 6.07) is 1.54. The Hall–Kier alpha value is -0.610. The second-order valence-corrected chi connectivity index (χ2v) is 6.44. The molecule has 2 bridgehead atoms. The van der Waals surface area contributed by atoms with Crippen LogP contribution in [0.2, 0.25) is 0 Å². The number of carbonyl (C=O) groups is 1. The van der Waals surface area contributed by atoms with Gasteiger partial charge < -0.3 is 15.3 Å². The third kappa shape index (κ3) is 3.93. The molecule has 2 unspecified atom stereocenters. The van der Waals surface area contributed by atoms with Crippen molar-refractivity contribution in [2.75, 3.05) is 13.2 Å². The van der Waals surface area contributed by atoms with Crippen molar-refractivity contribution < 1.29 is 9.90 Å². The zero-order chi connectivity index (χ0) is 13.8. The van der Waals surface area contributed by atoms with Gasteiger partial charge in [-0.05, 0) is 51.9 Å². The summed E-state index contributed by atoms with van der Waals surface area (Å²) in [5, 5.41) is 12.6. The van der Waals surface area contributed by atoms with Crippen LogP contribution in [0.25, 0.3) is 0 Å².